The molecule has 0 radical (unpaired) electrons. The SMILES string of the molecule is O=C1N(CCc2ccccc2)C(=S)NC1(c1ccc(Cl)cc1)c1ccc(Cl)cc1. The fourth-order valence-electron chi connectivity index (χ4n) is 3.62. The van der Waals surface area contributed by atoms with Crippen LogP contribution >= 0.6 is 35.4 Å². The summed E-state index contributed by atoms with van der Waals surface area (Å²) in [6, 6.07) is 24.6. The van der Waals surface area contributed by atoms with E-state index in [0.29, 0.717) is 28.1 Å². The molecule has 0 spiro atoms. The van der Waals surface area contributed by atoms with Crippen LogP contribution in [0.5, 0.6) is 0 Å². The van der Waals surface area contributed by atoms with Crippen LogP contribution in [-0.2, 0) is 16.8 Å². The zero-order valence-electron chi connectivity index (χ0n) is 15.4. The summed E-state index contributed by atoms with van der Waals surface area (Å²) in [5.41, 5.74) is 1.60. The minimum absolute atomic E-state index is 0.108. The second-order valence-electron chi connectivity index (χ2n) is 6.89. The highest BCUT2D eigenvalue weighted by molar-refractivity contribution is 7.80. The van der Waals surface area contributed by atoms with Gasteiger partial charge in [-0.25, -0.2) is 0 Å². The van der Waals surface area contributed by atoms with Crippen LogP contribution in [0.25, 0.3) is 0 Å². The molecular weight excluding hydrogens is 423 g/mol. The van der Waals surface area contributed by atoms with Crippen molar-refractivity contribution >= 4 is 46.4 Å². The summed E-state index contributed by atoms with van der Waals surface area (Å²) in [4.78, 5) is 15.4. The van der Waals surface area contributed by atoms with Crippen LogP contribution in [0.1, 0.15) is 16.7 Å². The average Bonchev–Trinajstić information content (AvgIpc) is 2.99. The molecule has 0 unspecified atom stereocenters. The van der Waals surface area contributed by atoms with Crippen LogP contribution < -0.4 is 5.32 Å². The van der Waals surface area contributed by atoms with Gasteiger partial charge in [-0.3, -0.25) is 9.69 Å². The number of halogens is 2. The molecule has 1 aliphatic heterocycles. The smallest absolute Gasteiger partial charge is 0.263 e. The lowest BCUT2D eigenvalue weighted by molar-refractivity contribution is -0.129. The Labute approximate surface area is 185 Å². The molecule has 0 aromatic heterocycles. The molecule has 1 saturated heterocycles. The number of amides is 1. The molecule has 0 aliphatic carbocycles. The van der Waals surface area contributed by atoms with E-state index in [1.165, 1.54) is 0 Å². The predicted octanol–water partition coefficient (Wildman–Crippen LogP) is 5.20. The lowest BCUT2D eigenvalue weighted by Gasteiger charge is -2.28. The molecule has 0 bridgehead atoms. The Hall–Kier alpha value is -2.40. The number of carbonyl (C=O) groups excluding carboxylic acids is 1. The molecule has 6 heteroatoms. The second-order valence-corrected chi connectivity index (χ2v) is 8.15. The molecule has 1 N–H and O–H groups in total. The minimum atomic E-state index is -1.11. The molecule has 1 heterocycles. The summed E-state index contributed by atoms with van der Waals surface area (Å²) in [6.45, 7) is 0.498. The molecule has 3 aromatic rings. The fraction of sp³-hybridized carbons (Fsp3) is 0.130. The number of carbonyl (C=O) groups is 1. The van der Waals surface area contributed by atoms with Gasteiger partial charge in [-0.1, -0.05) is 77.8 Å². The molecule has 1 aliphatic rings. The van der Waals surface area contributed by atoms with Crippen molar-refractivity contribution in [3.63, 3.8) is 0 Å². The molecule has 0 saturated carbocycles. The van der Waals surface area contributed by atoms with Crippen LogP contribution in [0.15, 0.2) is 78.9 Å². The summed E-state index contributed by atoms with van der Waals surface area (Å²) < 4.78 is 0. The van der Waals surface area contributed by atoms with Gasteiger partial charge in [0.1, 0.15) is 0 Å². The number of thiocarbonyl (C=S) groups is 1. The molecule has 4 rings (SSSR count). The topological polar surface area (TPSA) is 32.3 Å². The minimum Gasteiger partial charge on any atom is -0.341 e. The molecule has 3 nitrogen and oxygen atoms in total. The number of benzene rings is 3. The highest BCUT2D eigenvalue weighted by atomic mass is 35.5. The van der Waals surface area contributed by atoms with Crippen LogP contribution in [0, 0.1) is 0 Å². The van der Waals surface area contributed by atoms with E-state index in [4.69, 9.17) is 35.4 Å². The van der Waals surface area contributed by atoms with E-state index < -0.39 is 5.54 Å². The summed E-state index contributed by atoms with van der Waals surface area (Å²) in [5, 5.41) is 4.92. The molecule has 146 valence electrons. The van der Waals surface area contributed by atoms with Crippen molar-refractivity contribution in [2.45, 2.75) is 12.0 Å². The van der Waals surface area contributed by atoms with Crippen LogP contribution in [-0.4, -0.2) is 22.5 Å². The van der Waals surface area contributed by atoms with E-state index in [1.807, 2.05) is 54.6 Å². The van der Waals surface area contributed by atoms with E-state index in [0.717, 1.165) is 16.7 Å². The van der Waals surface area contributed by atoms with Gasteiger partial charge >= 0.3 is 0 Å². The van der Waals surface area contributed by atoms with E-state index in [1.54, 1.807) is 29.2 Å². The number of nitrogens with one attached hydrogen (secondary N) is 1. The first-order chi connectivity index (χ1) is 14.0. The van der Waals surface area contributed by atoms with Crippen molar-refractivity contribution in [2.75, 3.05) is 6.54 Å². The zero-order chi connectivity index (χ0) is 20.4. The van der Waals surface area contributed by atoms with Gasteiger partial charge in [0, 0.05) is 16.6 Å². The van der Waals surface area contributed by atoms with E-state index in [9.17, 15) is 4.79 Å². The predicted molar refractivity (Wildman–Crippen MR) is 121 cm³/mol. The number of rotatable bonds is 5. The van der Waals surface area contributed by atoms with E-state index >= 15 is 0 Å². The van der Waals surface area contributed by atoms with Crippen molar-refractivity contribution in [2.24, 2.45) is 0 Å². The third-order valence-electron chi connectivity index (χ3n) is 5.13. The Morgan fingerprint density at radius 3 is 1.86 bits per heavy atom. The maximum Gasteiger partial charge on any atom is 0.263 e. The Bertz CT molecular complexity index is 991. The highest BCUT2D eigenvalue weighted by Crippen LogP contribution is 2.37. The normalized spacial score (nSPS) is 15.4. The first-order valence-electron chi connectivity index (χ1n) is 9.21. The maximum atomic E-state index is 13.7. The van der Waals surface area contributed by atoms with Gasteiger partial charge in [0.15, 0.2) is 10.7 Å². The third-order valence-corrected chi connectivity index (χ3v) is 5.95. The summed E-state index contributed by atoms with van der Waals surface area (Å²) in [5.74, 6) is -0.108. The van der Waals surface area contributed by atoms with Crippen LogP contribution in [0.4, 0.5) is 0 Å². The summed E-state index contributed by atoms with van der Waals surface area (Å²) in [7, 11) is 0. The van der Waals surface area contributed by atoms with Crippen molar-refractivity contribution in [1.82, 2.24) is 10.2 Å². The fourth-order valence-corrected chi connectivity index (χ4v) is 4.20. The van der Waals surface area contributed by atoms with Gasteiger partial charge in [0.05, 0.1) is 0 Å². The molecule has 0 atom stereocenters. The van der Waals surface area contributed by atoms with E-state index in [2.05, 4.69) is 5.32 Å². The number of nitrogens with zero attached hydrogens (tertiary/aromatic N) is 1. The Kier molecular flexibility index (Phi) is 5.59. The zero-order valence-corrected chi connectivity index (χ0v) is 17.8. The van der Waals surface area contributed by atoms with Gasteiger partial charge in [-0.05, 0) is 59.6 Å². The van der Waals surface area contributed by atoms with Gasteiger partial charge < -0.3 is 5.32 Å². The van der Waals surface area contributed by atoms with Crippen molar-refractivity contribution in [1.29, 1.82) is 0 Å². The summed E-state index contributed by atoms with van der Waals surface area (Å²) in [6.07, 6.45) is 0.714. The monoisotopic (exact) mass is 440 g/mol. The lowest BCUT2D eigenvalue weighted by atomic mass is 9.82. The molecular formula is C23H18Cl2N2OS. The van der Waals surface area contributed by atoms with Crippen LogP contribution in [0.3, 0.4) is 0 Å². The Balaban J connectivity index is 1.73. The van der Waals surface area contributed by atoms with Gasteiger partial charge in [-0.15, -0.1) is 0 Å². The quantitative estimate of drug-likeness (QED) is 0.553. The van der Waals surface area contributed by atoms with Crippen molar-refractivity contribution in [3.05, 3.63) is 106 Å². The van der Waals surface area contributed by atoms with E-state index in [-0.39, 0.29) is 5.91 Å². The Morgan fingerprint density at radius 2 is 1.34 bits per heavy atom. The molecule has 1 fully saturated rings. The molecule has 3 aromatic carbocycles. The highest BCUT2D eigenvalue weighted by Gasteiger charge is 2.51. The van der Waals surface area contributed by atoms with Crippen molar-refractivity contribution < 1.29 is 4.79 Å². The maximum absolute atomic E-state index is 13.7. The third kappa shape index (κ3) is 3.76. The average molecular weight is 441 g/mol. The Morgan fingerprint density at radius 1 is 0.828 bits per heavy atom. The first-order valence-corrected chi connectivity index (χ1v) is 10.4. The standard InChI is InChI=1S/C23H18Cl2N2OS/c24-19-10-6-17(7-11-19)23(18-8-12-20(25)13-9-18)21(28)27(22(29)26-23)15-14-16-4-2-1-3-5-16/h1-13H,14-15H2,(H,26,29). The lowest BCUT2D eigenvalue weighted by Crippen LogP contribution is -2.45. The van der Waals surface area contributed by atoms with Gasteiger partial charge in [0.2, 0.25) is 0 Å². The van der Waals surface area contributed by atoms with Gasteiger partial charge in [-0.2, -0.15) is 0 Å². The van der Waals surface area contributed by atoms with Crippen molar-refractivity contribution in [3.8, 4) is 0 Å². The summed E-state index contributed by atoms with van der Waals surface area (Å²) >= 11 is 17.7. The first kappa shape index (κ1) is 19.9. The largest absolute Gasteiger partial charge is 0.341 e. The van der Waals surface area contributed by atoms with Crippen LogP contribution in [0.2, 0.25) is 10.0 Å². The molecule has 29 heavy (non-hydrogen) atoms. The number of hydrogen-bond acceptors (Lipinski definition) is 2. The molecule has 1 amide bonds. The second kappa shape index (κ2) is 8.15. The van der Waals surface area contributed by atoms with Gasteiger partial charge in [0.25, 0.3) is 5.91 Å². The number of hydrogen-bond donors (Lipinski definition) is 1.